The summed E-state index contributed by atoms with van der Waals surface area (Å²) in [6.45, 7) is 3.25. The zero-order valence-electron chi connectivity index (χ0n) is 15.9. The van der Waals surface area contributed by atoms with Crippen LogP contribution in [-0.2, 0) is 4.79 Å². The molecule has 1 aromatic heterocycles. The number of hydrogen-bond acceptors (Lipinski definition) is 6. The van der Waals surface area contributed by atoms with Gasteiger partial charge in [0.2, 0.25) is 5.96 Å². The van der Waals surface area contributed by atoms with E-state index < -0.39 is 5.54 Å². The molecule has 1 fully saturated rings. The zero-order chi connectivity index (χ0) is 19.4. The normalized spacial score (nSPS) is 19.3. The molecule has 3 rings (SSSR count). The first kappa shape index (κ1) is 18.9. The second-order valence-corrected chi connectivity index (χ2v) is 7.11. The minimum absolute atomic E-state index is 0.0789. The first-order valence-corrected chi connectivity index (χ1v) is 9.08. The Morgan fingerprint density at radius 3 is 2.78 bits per heavy atom. The van der Waals surface area contributed by atoms with E-state index in [2.05, 4.69) is 20.6 Å². The van der Waals surface area contributed by atoms with Crippen LogP contribution in [0.25, 0.3) is 0 Å². The molecule has 0 saturated carbocycles. The Morgan fingerprint density at radius 1 is 1.44 bits per heavy atom. The second kappa shape index (κ2) is 7.81. The predicted octanol–water partition coefficient (Wildman–Crippen LogP) is 0.441. The highest BCUT2D eigenvalue weighted by atomic mass is 16.5. The molecule has 1 saturated heterocycles. The van der Waals surface area contributed by atoms with Crippen LogP contribution in [0, 0.1) is 0 Å². The quantitative estimate of drug-likeness (QED) is 0.797. The van der Waals surface area contributed by atoms with Crippen molar-refractivity contribution >= 4 is 17.9 Å². The highest BCUT2D eigenvalue weighted by molar-refractivity contribution is 6.07. The summed E-state index contributed by atoms with van der Waals surface area (Å²) in [7, 11) is 3.69. The van der Waals surface area contributed by atoms with Gasteiger partial charge in [-0.3, -0.25) is 15.1 Å². The number of urea groups is 1. The monoisotopic (exact) mass is 374 g/mol. The topological polar surface area (TPSA) is 99.2 Å². The summed E-state index contributed by atoms with van der Waals surface area (Å²) >= 11 is 0. The average molecular weight is 374 g/mol. The zero-order valence-corrected chi connectivity index (χ0v) is 15.9. The minimum Gasteiger partial charge on any atom is -0.487 e. The predicted molar refractivity (Wildman–Crippen MR) is 101 cm³/mol. The highest BCUT2D eigenvalue weighted by Gasteiger charge is 2.46. The van der Waals surface area contributed by atoms with Crippen molar-refractivity contribution in [2.45, 2.75) is 31.4 Å². The third-order valence-electron chi connectivity index (χ3n) is 4.78. The number of nitrogens with zero attached hydrogens (tertiary/aromatic N) is 4. The molecule has 1 atom stereocenters. The van der Waals surface area contributed by atoms with Gasteiger partial charge in [-0.2, -0.15) is 0 Å². The third kappa shape index (κ3) is 4.29. The van der Waals surface area contributed by atoms with Crippen LogP contribution in [0.2, 0.25) is 0 Å². The van der Waals surface area contributed by atoms with Gasteiger partial charge in [0.15, 0.2) is 0 Å². The second-order valence-electron chi connectivity index (χ2n) is 7.11. The average Bonchev–Trinajstić information content (AvgIpc) is 2.98. The molecule has 2 aliphatic rings. The van der Waals surface area contributed by atoms with Crippen molar-refractivity contribution in [1.29, 1.82) is 0 Å². The molecule has 2 aliphatic heterocycles. The number of hydrogen-bond donors (Lipinski definition) is 2. The Bertz CT molecular complexity index is 713. The molecule has 1 unspecified atom stereocenters. The number of guanidine groups is 1. The van der Waals surface area contributed by atoms with Crippen molar-refractivity contribution in [1.82, 2.24) is 25.4 Å². The molecule has 1 spiro atoms. The number of carbonyl (C=O) groups excluding carboxylic acids is 2. The Labute approximate surface area is 158 Å². The van der Waals surface area contributed by atoms with Crippen LogP contribution in [0.1, 0.15) is 19.8 Å². The van der Waals surface area contributed by atoms with Crippen LogP contribution in [-0.4, -0.2) is 78.1 Å². The molecule has 9 nitrogen and oxygen atoms in total. The fraction of sp³-hybridized carbons (Fsp3) is 0.556. The molecule has 0 aliphatic carbocycles. The Morgan fingerprint density at radius 2 is 2.19 bits per heavy atom. The van der Waals surface area contributed by atoms with Gasteiger partial charge in [0.05, 0.1) is 12.7 Å². The molecule has 1 aromatic rings. The standard InChI is InChI=1S/C18H26N6O3/c1-13(27-14-5-4-8-19-12-14)11-20-17(26)24-9-6-18(7-10-24)15(25)21-16(22-18)23(2)3/h4-5,8,12-13H,6-7,9-11H2,1-3H3,(H,20,26)(H,21,22,25). The molecule has 3 heterocycles. The van der Waals surface area contributed by atoms with Gasteiger partial charge < -0.3 is 19.9 Å². The van der Waals surface area contributed by atoms with Crippen LogP contribution in [0.5, 0.6) is 5.75 Å². The molecule has 3 amide bonds. The molecular formula is C18H26N6O3. The van der Waals surface area contributed by atoms with Crippen LogP contribution < -0.4 is 15.4 Å². The van der Waals surface area contributed by atoms with Crippen molar-refractivity contribution in [2.24, 2.45) is 4.99 Å². The van der Waals surface area contributed by atoms with E-state index in [1.165, 1.54) is 0 Å². The lowest BCUT2D eigenvalue weighted by Crippen LogP contribution is -2.53. The maximum Gasteiger partial charge on any atom is 0.317 e. The van der Waals surface area contributed by atoms with E-state index in [1.54, 1.807) is 28.3 Å². The van der Waals surface area contributed by atoms with Gasteiger partial charge in [-0.1, -0.05) is 0 Å². The number of aliphatic imine (C=N–C) groups is 1. The lowest BCUT2D eigenvalue weighted by Gasteiger charge is -2.35. The number of likely N-dealkylation sites (tertiary alicyclic amines) is 1. The maximum absolute atomic E-state index is 12.4. The third-order valence-corrected chi connectivity index (χ3v) is 4.78. The van der Waals surface area contributed by atoms with Gasteiger partial charge in [0.25, 0.3) is 5.91 Å². The summed E-state index contributed by atoms with van der Waals surface area (Å²) in [6.07, 6.45) is 4.18. The van der Waals surface area contributed by atoms with E-state index >= 15 is 0 Å². The largest absolute Gasteiger partial charge is 0.487 e. The van der Waals surface area contributed by atoms with Crippen molar-refractivity contribution in [2.75, 3.05) is 33.7 Å². The van der Waals surface area contributed by atoms with Gasteiger partial charge in [-0.15, -0.1) is 0 Å². The Hall–Kier alpha value is -2.84. The van der Waals surface area contributed by atoms with E-state index in [4.69, 9.17) is 4.74 Å². The summed E-state index contributed by atoms with van der Waals surface area (Å²) in [6, 6.07) is 3.47. The lowest BCUT2D eigenvalue weighted by molar-refractivity contribution is -0.125. The van der Waals surface area contributed by atoms with Crippen molar-refractivity contribution in [3.8, 4) is 5.75 Å². The molecule has 0 bridgehead atoms. The smallest absolute Gasteiger partial charge is 0.317 e. The summed E-state index contributed by atoms with van der Waals surface area (Å²) in [5, 5.41) is 5.70. The summed E-state index contributed by atoms with van der Waals surface area (Å²) in [5.74, 6) is 1.17. The maximum atomic E-state index is 12.4. The lowest BCUT2D eigenvalue weighted by atomic mass is 9.88. The minimum atomic E-state index is -0.743. The molecule has 0 aromatic carbocycles. The van der Waals surface area contributed by atoms with Crippen LogP contribution in [0.3, 0.4) is 0 Å². The van der Waals surface area contributed by atoms with Gasteiger partial charge >= 0.3 is 6.03 Å². The van der Waals surface area contributed by atoms with E-state index in [0.717, 1.165) is 0 Å². The van der Waals surface area contributed by atoms with Crippen LogP contribution in [0.15, 0.2) is 29.5 Å². The fourth-order valence-electron chi connectivity index (χ4n) is 3.16. The molecule has 2 N–H and O–H groups in total. The van der Waals surface area contributed by atoms with E-state index in [1.807, 2.05) is 27.1 Å². The molecule has 146 valence electrons. The summed E-state index contributed by atoms with van der Waals surface area (Å²) < 4.78 is 5.71. The van der Waals surface area contributed by atoms with Crippen LogP contribution >= 0.6 is 0 Å². The van der Waals surface area contributed by atoms with E-state index in [0.29, 0.717) is 44.2 Å². The summed E-state index contributed by atoms with van der Waals surface area (Å²) in [5.41, 5.74) is -0.743. The van der Waals surface area contributed by atoms with Crippen molar-refractivity contribution < 1.29 is 14.3 Å². The van der Waals surface area contributed by atoms with E-state index in [9.17, 15) is 9.59 Å². The van der Waals surface area contributed by atoms with Gasteiger partial charge in [0.1, 0.15) is 17.4 Å². The Balaban J connectivity index is 1.47. The SMILES string of the molecule is CC(CNC(=O)N1CCC2(CC1)N=C(N(C)C)NC2=O)Oc1cccnc1. The molecule has 27 heavy (non-hydrogen) atoms. The number of pyridine rings is 1. The van der Waals surface area contributed by atoms with Crippen molar-refractivity contribution in [3.63, 3.8) is 0 Å². The molecule has 0 radical (unpaired) electrons. The number of aromatic nitrogens is 1. The Kier molecular flexibility index (Phi) is 5.48. The molecule has 9 heteroatoms. The molecular weight excluding hydrogens is 348 g/mol. The number of piperidine rings is 1. The number of rotatable bonds is 4. The first-order valence-electron chi connectivity index (χ1n) is 9.08. The first-order chi connectivity index (χ1) is 12.9. The van der Waals surface area contributed by atoms with Crippen LogP contribution in [0.4, 0.5) is 4.79 Å². The number of nitrogens with one attached hydrogen (secondary N) is 2. The van der Waals surface area contributed by atoms with Gasteiger partial charge in [-0.05, 0) is 31.9 Å². The van der Waals surface area contributed by atoms with Gasteiger partial charge in [0, 0.05) is 33.4 Å². The highest BCUT2D eigenvalue weighted by Crippen LogP contribution is 2.30. The van der Waals surface area contributed by atoms with Gasteiger partial charge in [-0.25, -0.2) is 9.79 Å². The number of carbonyl (C=O) groups is 2. The fourth-order valence-corrected chi connectivity index (χ4v) is 3.16. The van der Waals surface area contributed by atoms with Crippen molar-refractivity contribution in [3.05, 3.63) is 24.5 Å². The number of ether oxygens (including phenoxy) is 1. The van der Waals surface area contributed by atoms with E-state index in [-0.39, 0.29) is 18.0 Å². The number of amides is 3. The summed E-state index contributed by atoms with van der Waals surface area (Å²) in [4.78, 5) is 36.8.